The van der Waals surface area contributed by atoms with Crippen LogP contribution in [0.2, 0.25) is 0 Å². The topological polar surface area (TPSA) is 48.9 Å². The van der Waals surface area contributed by atoms with Gasteiger partial charge in [-0.15, -0.1) is 0 Å². The van der Waals surface area contributed by atoms with Gasteiger partial charge in [0.15, 0.2) is 5.96 Å². The van der Waals surface area contributed by atoms with Crippen molar-refractivity contribution < 1.29 is 4.74 Å². The maximum absolute atomic E-state index is 5.49. The van der Waals surface area contributed by atoms with Crippen molar-refractivity contribution in [3.8, 4) is 5.75 Å². The molecule has 0 amide bonds. The van der Waals surface area contributed by atoms with E-state index < -0.39 is 0 Å². The molecule has 1 fully saturated rings. The summed E-state index contributed by atoms with van der Waals surface area (Å²) >= 11 is 1.74. The van der Waals surface area contributed by atoms with Gasteiger partial charge in [0.25, 0.3) is 0 Å². The normalized spacial score (nSPS) is 17.6. The second-order valence-electron chi connectivity index (χ2n) is 6.13. The van der Waals surface area contributed by atoms with Gasteiger partial charge >= 0.3 is 0 Å². The summed E-state index contributed by atoms with van der Waals surface area (Å²) in [7, 11) is 3.55. The zero-order valence-electron chi connectivity index (χ0n) is 14.9. The molecule has 2 N–H and O–H groups in total. The monoisotopic (exact) mass is 358 g/mol. The van der Waals surface area contributed by atoms with Gasteiger partial charge in [0.1, 0.15) is 5.75 Å². The minimum atomic E-state index is 0.386. The Morgan fingerprint density at radius 1 is 1.36 bits per heavy atom. The SMILES string of the molecule is CN=C(NCCc1ccsc1)NC1CCN(c2ccccc2OC)C1. The smallest absolute Gasteiger partial charge is 0.191 e. The van der Waals surface area contributed by atoms with Gasteiger partial charge < -0.3 is 20.3 Å². The van der Waals surface area contributed by atoms with E-state index >= 15 is 0 Å². The number of ether oxygens (including phenoxy) is 1. The van der Waals surface area contributed by atoms with Crippen molar-refractivity contribution in [3.05, 3.63) is 46.7 Å². The minimum absolute atomic E-state index is 0.386. The number of benzene rings is 1. The lowest BCUT2D eigenvalue weighted by Crippen LogP contribution is -2.45. The molecule has 134 valence electrons. The average Bonchev–Trinajstić information content (AvgIpc) is 3.32. The molecule has 1 atom stereocenters. The molecule has 0 aliphatic carbocycles. The quantitative estimate of drug-likeness (QED) is 0.616. The first-order chi connectivity index (χ1) is 12.3. The lowest BCUT2D eigenvalue weighted by Gasteiger charge is -2.22. The molecule has 0 bridgehead atoms. The fourth-order valence-electron chi connectivity index (χ4n) is 3.14. The second kappa shape index (κ2) is 8.76. The molecule has 1 aromatic heterocycles. The molecule has 0 radical (unpaired) electrons. The van der Waals surface area contributed by atoms with Crippen molar-refractivity contribution in [1.82, 2.24) is 10.6 Å². The Morgan fingerprint density at radius 3 is 3.00 bits per heavy atom. The van der Waals surface area contributed by atoms with Gasteiger partial charge in [0, 0.05) is 32.7 Å². The molecule has 2 heterocycles. The van der Waals surface area contributed by atoms with Crippen molar-refractivity contribution in [3.63, 3.8) is 0 Å². The number of hydrogen-bond donors (Lipinski definition) is 2. The van der Waals surface area contributed by atoms with Gasteiger partial charge in [0.05, 0.1) is 12.8 Å². The molecule has 0 spiro atoms. The van der Waals surface area contributed by atoms with Crippen molar-refractivity contribution in [2.24, 2.45) is 4.99 Å². The Morgan fingerprint density at radius 2 is 2.24 bits per heavy atom. The number of rotatable bonds is 6. The van der Waals surface area contributed by atoms with Crippen LogP contribution in [0.5, 0.6) is 5.75 Å². The summed E-state index contributed by atoms with van der Waals surface area (Å²) in [5.41, 5.74) is 2.53. The van der Waals surface area contributed by atoms with E-state index in [0.717, 1.165) is 49.9 Å². The van der Waals surface area contributed by atoms with Crippen LogP contribution < -0.4 is 20.3 Å². The minimum Gasteiger partial charge on any atom is -0.495 e. The summed E-state index contributed by atoms with van der Waals surface area (Å²) in [4.78, 5) is 6.73. The van der Waals surface area contributed by atoms with Crippen molar-refractivity contribution >= 4 is 23.0 Å². The molecule has 6 heteroatoms. The predicted octanol–water partition coefficient (Wildman–Crippen LogP) is 2.74. The largest absolute Gasteiger partial charge is 0.495 e. The maximum atomic E-state index is 5.49. The molecule has 0 saturated carbocycles. The summed E-state index contributed by atoms with van der Waals surface area (Å²) in [5, 5.41) is 11.3. The van der Waals surface area contributed by atoms with E-state index in [9.17, 15) is 0 Å². The molecule has 1 aromatic carbocycles. The van der Waals surface area contributed by atoms with Crippen LogP contribution in [0, 0.1) is 0 Å². The number of methoxy groups -OCH3 is 1. The van der Waals surface area contributed by atoms with Crippen molar-refractivity contribution in [2.45, 2.75) is 18.9 Å². The van der Waals surface area contributed by atoms with Gasteiger partial charge in [-0.25, -0.2) is 0 Å². The Balaban J connectivity index is 1.49. The first-order valence-electron chi connectivity index (χ1n) is 8.66. The molecule has 1 unspecified atom stereocenters. The van der Waals surface area contributed by atoms with Gasteiger partial charge in [0.2, 0.25) is 0 Å². The highest BCUT2D eigenvalue weighted by molar-refractivity contribution is 7.07. The van der Waals surface area contributed by atoms with E-state index in [1.807, 2.05) is 19.2 Å². The van der Waals surface area contributed by atoms with E-state index in [1.165, 1.54) is 5.56 Å². The third kappa shape index (κ3) is 4.66. The zero-order valence-corrected chi connectivity index (χ0v) is 15.7. The Hall–Kier alpha value is -2.21. The van der Waals surface area contributed by atoms with Crippen LogP contribution in [-0.4, -0.2) is 45.8 Å². The summed E-state index contributed by atoms with van der Waals surface area (Å²) in [5.74, 6) is 1.81. The Bertz CT molecular complexity index is 686. The van der Waals surface area contributed by atoms with Gasteiger partial charge in [-0.3, -0.25) is 4.99 Å². The van der Waals surface area contributed by atoms with Crippen LogP contribution in [0.4, 0.5) is 5.69 Å². The molecule has 2 aromatic rings. The number of anilines is 1. The highest BCUT2D eigenvalue weighted by atomic mass is 32.1. The van der Waals surface area contributed by atoms with Crippen LogP contribution >= 0.6 is 11.3 Å². The second-order valence-corrected chi connectivity index (χ2v) is 6.91. The highest BCUT2D eigenvalue weighted by Gasteiger charge is 2.25. The molecule has 1 aliphatic rings. The number of hydrogen-bond acceptors (Lipinski definition) is 4. The molecule has 3 rings (SSSR count). The molecule has 1 aliphatic heterocycles. The standard InChI is InChI=1S/C19H26N4OS/c1-20-19(21-10-7-15-9-12-25-14-15)22-16-8-11-23(13-16)17-5-3-4-6-18(17)24-2/h3-6,9,12,14,16H,7-8,10-11,13H2,1-2H3,(H2,20,21,22). The maximum Gasteiger partial charge on any atom is 0.191 e. The van der Waals surface area contributed by atoms with Crippen molar-refractivity contribution in [1.29, 1.82) is 0 Å². The van der Waals surface area contributed by atoms with Gasteiger partial charge in [-0.1, -0.05) is 12.1 Å². The molecule has 1 saturated heterocycles. The fourth-order valence-corrected chi connectivity index (χ4v) is 3.84. The third-order valence-corrected chi connectivity index (χ3v) is 5.20. The number of aliphatic imine (C=N–C) groups is 1. The van der Waals surface area contributed by atoms with E-state index in [4.69, 9.17) is 4.74 Å². The fraction of sp³-hybridized carbons (Fsp3) is 0.421. The van der Waals surface area contributed by atoms with Crippen LogP contribution in [0.1, 0.15) is 12.0 Å². The predicted molar refractivity (Wildman–Crippen MR) is 106 cm³/mol. The number of thiophene rings is 1. The number of nitrogens with one attached hydrogen (secondary N) is 2. The summed E-state index contributed by atoms with van der Waals surface area (Å²) in [6.07, 6.45) is 2.10. The Kier molecular flexibility index (Phi) is 6.17. The van der Waals surface area contributed by atoms with Gasteiger partial charge in [-0.2, -0.15) is 11.3 Å². The molecular weight excluding hydrogens is 332 g/mol. The Labute approximate surface area is 153 Å². The van der Waals surface area contributed by atoms with E-state index in [-0.39, 0.29) is 0 Å². The first-order valence-corrected chi connectivity index (χ1v) is 9.60. The number of guanidine groups is 1. The van der Waals surface area contributed by atoms with E-state index in [1.54, 1.807) is 18.4 Å². The number of nitrogens with zero attached hydrogens (tertiary/aromatic N) is 2. The molecule has 25 heavy (non-hydrogen) atoms. The lowest BCUT2D eigenvalue weighted by molar-refractivity contribution is 0.415. The van der Waals surface area contributed by atoms with Gasteiger partial charge in [-0.05, 0) is 47.4 Å². The van der Waals surface area contributed by atoms with Crippen LogP contribution in [0.15, 0.2) is 46.1 Å². The molecule has 5 nitrogen and oxygen atoms in total. The van der Waals surface area contributed by atoms with Crippen LogP contribution in [0.3, 0.4) is 0 Å². The average molecular weight is 359 g/mol. The first kappa shape index (κ1) is 17.6. The van der Waals surface area contributed by atoms with E-state index in [0.29, 0.717) is 6.04 Å². The summed E-state index contributed by atoms with van der Waals surface area (Å²) in [6, 6.07) is 10.8. The summed E-state index contributed by atoms with van der Waals surface area (Å²) < 4.78 is 5.49. The van der Waals surface area contributed by atoms with Crippen LogP contribution in [0.25, 0.3) is 0 Å². The van der Waals surface area contributed by atoms with Crippen LogP contribution in [-0.2, 0) is 6.42 Å². The van der Waals surface area contributed by atoms with Crippen molar-refractivity contribution in [2.75, 3.05) is 38.7 Å². The molecular formula is C19H26N4OS. The van der Waals surface area contributed by atoms with E-state index in [2.05, 4.69) is 49.5 Å². The third-order valence-electron chi connectivity index (χ3n) is 4.46. The highest BCUT2D eigenvalue weighted by Crippen LogP contribution is 2.30. The zero-order chi connectivity index (χ0) is 17.5. The number of para-hydroxylation sites is 2. The summed E-state index contributed by atoms with van der Waals surface area (Å²) in [6.45, 7) is 2.86. The lowest BCUT2D eigenvalue weighted by atomic mass is 10.2.